The fourth-order valence-corrected chi connectivity index (χ4v) is 2.54. The van der Waals surface area contributed by atoms with E-state index < -0.39 is 12.0 Å². The lowest BCUT2D eigenvalue weighted by Gasteiger charge is -2.11. The summed E-state index contributed by atoms with van der Waals surface area (Å²) in [5, 5.41) is 12.0. The fraction of sp³-hybridized carbons (Fsp3) is 0.429. The van der Waals surface area contributed by atoms with Crippen LogP contribution in [0.25, 0.3) is 0 Å². The number of rotatable bonds is 8. The van der Waals surface area contributed by atoms with Gasteiger partial charge in [0.2, 0.25) is 5.91 Å². The van der Waals surface area contributed by atoms with Crippen LogP contribution in [0.3, 0.4) is 0 Å². The molecule has 1 aromatic carbocycles. The maximum Gasteiger partial charge on any atom is 0.326 e. The van der Waals surface area contributed by atoms with Gasteiger partial charge in [0.15, 0.2) is 0 Å². The third-order valence-electron chi connectivity index (χ3n) is 2.67. The second-order valence-electron chi connectivity index (χ2n) is 4.27. The molecule has 0 aliphatic carbocycles. The normalized spacial score (nSPS) is 11.9. The van der Waals surface area contributed by atoms with Crippen LogP contribution in [0, 0.1) is 0 Å². The molecule has 1 amide bonds. The lowest BCUT2D eigenvalue weighted by Crippen LogP contribution is -2.40. The van der Waals surface area contributed by atoms with Crippen LogP contribution >= 0.6 is 23.4 Å². The molecule has 0 spiro atoms. The van der Waals surface area contributed by atoms with Gasteiger partial charge in [-0.3, -0.25) is 4.79 Å². The van der Waals surface area contributed by atoms with Crippen molar-refractivity contribution in [1.29, 1.82) is 0 Å². The minimum absolute atomic E-state index is 0.212. The Labute approximate surface area is 127 Å². The maximum absolute atomic E-state index is 11.6. The van der Waals surface area contributed by atoms with Crippen molar-refractivity contribution in [2.24, 2.45) is 0 Å². The molecule has 1 atom stereocenters. The molecule has 110 valence electrons. The molecule has 0 radical (unpaired) electrons. The minimum Gasteiger partial charge on any atom is -0.480 e. The van der Waals surface area contributed by atoms with E-state index in [1.54, 1.807) is 18.7 Å². The summed E-state index contributed by atoms with van der Waals surface area (Å²) in [6, 6.07) is 6.74. The van der Waals surface area contributed by atoms with E-state index in [4.69, 9.17) is 16.7 Å². The number of aliphatic carboxylic acids is 1. The van der Waals surface area contributed by atoms with Gasteiger partial charge in [0.25, 0.3) is 0 Å². The van der Waals surface area contributed by atoms with E-state index in [0.29, 0.717) is 24.3 Å². The van der Waals surface area contributed by atoms with Gasteiger partial charge in [0.1, 0.15) is 6.04 Å². The van der Waals surface area contributed by atoms with Gasteiger partial charge in [-0.1, -0.05) is 18.5 Å². The Morgan fingerprint density at radius 1 is 1.35 bits per heavy atom. The van der Waals surface area contributed by atoms with Crippen LogP contribution in [-0.2, 0) is 9.59 Å². The molecule has 0 unspecified atom stereocenters. The predicted molar refractivity (Wildman–Crippen MR) is 81.3 cm³/mol. The number of thioether (sulfide) groups is 1. The number of carboxylic acid groups (broad SMARTS) is 1. The Morgan fingerprint density at radius 2 is 2.00 bits per heavy atom. The van der Waals surface area contributed by atoms with E-state index in [9.17, 15) is 9.59 Å². The molecular formula is C14H18ClNO3S. The smallest absolute Gasteiger partial charge is 0.326 e. The van der Waals surface area contributed by atoms with Crippen molar-refractivity contribution in [3.8, 4) is 0 Å². The van der Waals surface area contributed by atoms with Crippen LogP contribution < -0.4 is 5.32 Å². The van der Waals surface area contributed by atoms with Crippen LogP contribution in [-0.4, -0.2) is 28.8 Å². The highest BCUT2D eigenvalue weighted by atomic mass is 35.5. The Bertz CT molecular complexity index is 450. The summed E-state index contributed by atoms with van der Waals surface area (Å²) >= 11 is 7.44. The van der Waals surface area contributed by atoms with E-state index in [2.05, 4.69) is 5.32 Å². The topological polar surface area (TPSA) is 66.4 Å². The lowest BCUT2D eigenvalue weighted by molar-refractivity contribution is -0.141. The average Bonchev–Trinajstić information content (AvgIpc) is 2.42. The summed E-state index contributed by atoms with van der Waals surface area (Å²) < 4.78 is 0. The molecule has 0 aliphatic heterocycles. The van der Waals surface area contributed by atoms with Crippen molar-refractivity contribution in [3.05, 3.63) is 29.3 Å². The van der Waals surface area contributed by atoms with Gasteiger partial charge >= 0.3 is 5.97 Å². The van der Waals surface area contributed by atoms with E-state index in [1.165, 1.54) is 0 Å². The summed E-state index contributed by atoms with van der Waals surface area (Å²) in [6.45, 7) is 1.73. The number of carboxylic acids is 1. The first-order valence-electron chi connectivity index (χ1n) is 6.43. The molecule has 4 nitrogen and oxygen atoms in total. The van der Waals surface area contributed by atoms with Crippen LogP contribution in [0.4, 0.5) is 0 Å². The van der Waals surface area contributed by atoms with Crippen molar-refractivity contribution >= 4 is 35.2 Å². The standard InChI is InChI=1S/C14H18ClNO3S/c1-2-12(14(18)19)16-13(17)4-3-9-20-11-7-5-10(15)6-8-11/h5-8,12H,2-4,9H2,1H3,(H,16,17)(H,18,19)/t12-/m1/s1. The number of halogens is 1. The number of amides is 1. The van der Waals surface area contributed by atoms with Gasteiger partial charge in [-0.05, 0) is 42.9 Å². The quantitative estimate of drug-likeness (QED) is 0.571. The predicted octanol–water partition coefficient (Wildman–Crippen LogP) is 3.19. The SMILES string of the molecule is CC[C@@H](NC(=O)CCCSc1ccc(Cl)cc1)C(=O)O. The molecule has 0 aromatic heterocycles. The second-order valence-corrected chi connectivity index (χ2v) is 5.88. The largest absolute Gasteiger partial charge is 0.480 e. The number of nitrogens with one attached hydrogen (secondary N) is 1. The molecule has 2 N–H and O–H groups in total. The third-order valence-corrected chi connectivity index (χ3v) is 4.02. The number of carbonyl (C=O) groups is 2. The van der Waals surface area contributed by atoms with Crippen molar-refractivity contribution < 1.29 is 14.7 Å². The fourth-order valence-electron chi connectivity index (χ4n) is 1.56. The highest BCUT2D eigenvalue weighted by Crippen LogP contribution is 2.21. The molecule has 0 fully saturated rings. The number of carbonyl (C=O) groups excluding carboxylic acids is 1. The number of benzene rings is 1. The van der Waals surface area contributed by atoms with Crippen molar-refractivity contribution in [1.82, 2.24) is 5.32 Å². The first-order valence-corrected chi connectivity index (χ1v) is 7.79. The first kappa shape index (κ1) is 16.9. The Hall–Kier alpha value is -1.20. The molecule has 6 heteroatoms. The average molecular weight is 316 g/mol. The van der Waals surface area contributed by atoms with Gasteiger partial charge in [0, 0.05) is 16.3 Å². The van der Waals surface area contributed by atoms with Gasteiger partial charge in [-0.15, -0.1) is 11.8 Å². The van der Waals surface area contributed by atoms with Crippen molar-refractivity contribution in [2.45, 2.75) is 37.1 Å². The van der Waals surface area contributed by atoms with E-state index >= 15 is 0 Å². The number of hydrogen-bond donors (Lipinski definition) is 2. The lowest BCUT2D eigenvalue weighted by atomic mass is 10.2. The molecule has 1 rings (SSSR count). The molecule has 0 heterocycles. The summed E-state index contributed by atoms with van der Waals surface area (Å²) in [5.41, 5.74) is 0. The maximum atomic E-state index is 11.6. The van der Waals surface area contributed by atoms with Crippen LogP contribution in [0.5, 0.6) is 0 Å². The van der Waals surface area contributed by atoms with Crippen LogP contribution in [0.2, 0.25) is 5.02 Å². The monoisotopic (exact) mass is 315 g/mol. The number of hydrogen-bond acceptors (Lipinski definition) is 3. The first-order chi connectivity index (χ1) is 9.52. The van der Waals surface area contributed by atoms with E-state index in [0.717, 1.165) is 10.6 Å². The zero-order valence-corrected chi connectivity index (χ0v) is 12.8. The zero-order chi connectivity index (χ0) is 15.0. The molecule has 0 saturated heterocycles. The Balaban J connectivity index is 2.22. The van der Waals surface area contributed by atoms with Crippen molar-refractivity contribution in [3.63, 3.8) is 0 Å². The third kappa shape index (κ3) is 6.30. The van der Waals surface area contributed by atoms with Gasteiger partial charge in [-0.25, -0.2) is 4.79 Å². The Morgan fingerprint density at radius 3 is 2.55 bits per heavy atom. The minimum atomic E-state index is -0.989. The molecule has 0 bridgehead atoms. The van der Waals surface area contributed by atoms with Gasteiger partial charge in [0.05, 0.1) is 0 Å². The van der Waals surface area contributed by atoms with Crippen LogP contribution in [0.1, 0.15) is 26.2 Å². The molecule has 20 heavy (non-hydrogen) atoms. The second kappa shape index (κ2) is 8.87. The van der Waals surface area contributed by atoms with Gasteiger partial charge in [-0.2, -0.15) is 0 Å². The molecular weight excluding hydrogens is 298 g/mol. The zero-order valence-electron chi connectivity index (χ0n) is 11.3. The summed E-state index contributed by atoms with van der Waals surface area (Å²) in [6.07, 6.45) is 1.43. The summed E-state index contributed by atoms with van der Waals surface area (Å²) in [4.78, 5) is 23.5. The Kier molecular flexibility index (Phi) is 7.47. The van der Waals surface area contributed by atoms with Crippen molar-refractivity contribution in [2.75, 3.05) is 5.75 Å². The summed E-state index contributed by atoms with van der Waals surface area (Å²) in [7, 11) is 0. The molecule has 0 aliphatic rings. The van der Waals surface area contributed by atoms with E-state index in [-0.39, 0.29) is 5.91 Å². The highest BCUT2D eigenvalue weighted by molar-refractivity contribution is 7.99. The molecule has 1 aromatic rings. The highest BCUT2D eigenvalue weighted by Gasteiger charge is 2.16. The molecule has 0 saturated carbocycles. The summed E-state index contributed by atoms with van der Waals surface area (Å²) in [5.74, 6) is -0.397. The van der Waals surface area contributed by atoms with Gasteiger partial charge < -0.3 is 10.4 Å². The van der Waals surface area contributed by atoms with Crippen LogP contribution in [0.15, 0.2) is 29.2 Å². The van der Waals surface area contributed by atoms with E-state index in [1.807, 2.05) is 24.3 Å².